The van der Waals surface area contributed by atoms with Crippen molar-refractivity contribution in [2.75, 3.05) is 19.8 Å². The summed E-state index contributed by atoms with van der Waals surface area (Å²) in [6, 6.07) is 4.11. The standard InChI is InChI=1S/C16H21N3O2/c1-2-6-20-13-15-9-18(8-14-4-7-21-12-14)11-16-3-5-17-19(16)10-15/h2-5,7,12,15H,1,6,8-11,13H2/t15-/m1/s1. The van der Waals surface area contributed by atoms with Crippen molar-refractivity contribution in [1.82, 2.24) is 14.7 Å². The first-order chi connectivity index (χ1) is 10.3. The minimum atomic E-state index is 0.429. The second-order valence-electron chi connectivity index (χ2n) is 5.50. The van der Waals surface area contributed by atoms with E-state index in [4.69, 9.17) is 9.15 Å². The third-order valence-corrected chi connectivity index (χ3v) is 3.71. The lowest BCUT2D eigenvalue weighted by atomic mass is 10.1. The fourth-order valence-corrected chi connectivity index (χ4v) is 2.80. The Bertz CT molecular complexity index is 562. The number of fused-ring (bicyclic) bond motifs is 1. The molecule has 0 fully saturated rings. The molecule has 0 aliphatic carbocycles. The molecule has 112 valence electrons. The van der Waals surface area contributed by atoms with Gasteiger partial charge >= 0.3 is 0 Å². The van der Waals surface area contributed by atoms with E-state index in [2.05, 4.69) is 27.3 Å². The number of ether oxygens (including phenoxy) is 1. The number of hydrogen-bond acceptors (Lipinski definition) is 4. The summed E-state index contributed by atoms with van der Waals surface area (Å²) in [5.41, 5.74) is 2.46. The second kappa shape index (κ2) is 6.74. The Labute approximate surface area is 124 Å². The topological polar surface area (TPSA) is 43.4 Å². The first-order valence-electron chi connectivity index (χ1n) is 7.28. The summed E-state index contributed by atoms with van der Waals surface area (Å²) in [5.74, 6) is 0.429. The highest BCUT2D eigenvalue weighted by molar-refractivity contribution is 5.07. The van der Waals surface area contributed by atoms with Crippen molar-refractivity contribution in [3.8, 4) is 0 Å². The molecule has 0 spiro atoms. The summed E-state index contributed by atoms with van der Waals surface area (Å²) in [5, 5.41) is 4.42. The zero-order chi connectivity index (χ0) is 14.5. The van der Waals surface area contributed by atoms with Crippen LogP contribution in [0.3, 0.4) is 0 Å². The highest BCUT2D eigenvalue weighted by atomic mass is 16.5. The molecule has 5 nitrogen and oxygen atoms in total. The number of furan rings is 1. The van der Waals surface area contributed by atoms with Crippen LogP contribution in [-0.4, -0.2) is 34.4 Å². The van der Waals surface area contributed by atoms with Crippen LogP contribution in [0.1, 0.15) is 11.3 Å². The van der Waals surface area contributed by atoms with Gasteiger partial charge in [-0.25, -0.2) is 0 Å². The van der Waals surface area contributed by atoms with Crippen LogP contribution in [0.25, 0.3) is 0 Å². The Morgan fingerprint density at radius 1 is 1.43 bits per heavy atom. The Balaban J connectivity index is 1.69. The molecule has 5 heteroatoms. The third kappa shape index (κ3) is 3.62. The monoisotopic (exact) mass is 287 g/mol. The van der Waals surface area contributed by atoms with Crippen LogP contribution >= 0.6 is 0 Å². The number of hydrogen-bond donors (Lipinski definition) is 0. The van der Waals surface area contributed by atoms with Crippen molar-refractivity contribution in [3.05, 3.63) is 54.8 Å². The Kier molecular flexibility index (Phi) is 4.52. The molecule has 0 saturated carbocycles. The largest absolute Gasteiger partial charge is 0.472 e. The van der Waals surface area contributed by atoms with E-state index in [0.717, 1.165) is 32.8 Å². The molecule has 0 saturated heterocycles. The van der Waals surface area contributed by atoms with Crippen LogP contribution in [0.15, 0.2) is 47.9 Å². The molecule has 2 aromatic rings. The summed E-state index contributed by atoms with van der Waals surface area (Å²) in [6.45, 7) is 8.71. The number of rotatable bonds is 6. The third-order valence-electron chi connectivity index (χ3n) is 3.71. The molecule has 0 N–H and O–H groups in total. The highest BCUT2D eigenvalue weighted by Gasteiger charge is 2.22. The van der Waals surface area contributed by atoms with Crippen LogP contribution < -0.4 is 0 Å². The van der Waals surface area contributed by atoms with Crippen LogP contribution in [0.4, 0.5) is 0 Å². The van der Waals surface area contributed by atoms with Crippen LogP contribution in [0, 0.1) is 5.92 Å². The molecule has 0 amide bonds. The zero-order valence-electron chi connectivity index (χ0n) is 12.1. The molecule has 0 unspecified atom stereocenters. The maximum atomic E-state index is 5.65. The van der Waals surface area contributed by atoms with Gasteiger partial charge in [0.25, 0.3) is 0 Å². The summed E-state index contributed by atoms with van der Waals surface area (Å²) < 4.78 is 12.9. The summed E-state index contributed by atoms with van der Waals surface area (Å²) in [4.78, 5) is 2.42. The molecule has 21 heavy (non-hydrogen) atoms. The van der Waals surface area contributed by atoms with Gasteiger partial charge in [0, 0.05) is 43.9 Å². The van der Waals surface area contributed by atoms with E-state index in [9.17, 15) is 0 Å². The lowest BCUT2D eigenvalue weighted by Crippen LogP contribution is -2.30. The highest BCUT2D eigenvalue weighted by Crippen LogP contribution is 2.18. The molecule has 1 aliphatic rings. The molecule has 3 heterocycles. The summed E-state index contributed by atoms with van der Waals surface area (Å²) >= 11 is 0. The Hall–Kier alpha value is -1.85. The SMILES string of the molecule is C=CCOC[C@@H]1CN(Cc2ccoc2)Cc2ccnn2C1. The fraction of sp³-hybridized carbons (Fsp3) is 0.438. The molecule has 1 aliphatic heterocycles. The van der Waals surface area contributed by atoms with Crippen molar-refractivity contribution < 1.29 is 9.15 Å². The quantitative estimate of drug-likeness (QED) is 0.604. The molecule has 1 atom stereocenters. The van der Waals surface area contributed by atoms with Gasteiger partial charge in [-0.1, -0.05) is 6.08 Å². The lowest BCUT2D eigenvalue weighted by molar-refractivity contribution is 0.0932. The van der Waals surface area contributed by atoms with E-state index in [-0.39, 0.29) is 0 Å². The van der Waals surface area contributed by atoms with Gasteiger partial charge < -0.3 is 9.15 Å². The van der Waals surface area contributed by atoms with E-state index < -0.39 is 0 Å². The fourth-order valence-electron chi connectivity index (χ4n) is 2.80. The van der Waals surface area contributed by atoms with Gasteiger partial charge in [-0.3, -0.25) is 9.58 Å². The normalized spacial score (nSPS) is 19.1. The molecule has 0 aromatic carbocycles. The van der Waals surface area contributed by atoms with Crippen molar-refractivity contribution in [2.45, 2.75) is 19.6 Å². The van der Waals surface area contributed by atoms with Crippen molar-refractivity contribution in [1.29, 1.82) is 0 Å². The van der Waals surface area contributed by atoms with Gasteiger partial charge in [0.1, 0.15) is 0 Å². The molecule has 3 rings (SSSR count). The maximum Gasteiger partial charge on any atom is 0.0947 e. The van der Waals surface area contributed by atoms with E-state index in [1.54, 1.807) is 12.3 Å². The molecular formula is C16H21N3O2. The molecular weight excluding hydrogens is 266 g/mol. The van der Waals surface area contributed by atoms with Gasteiger partial charge in [0.05, 0.1) is 31.4 Å². The summed E-state index contributed by atoms with van der Waals surface area (Å²) in [7, 11) is 0. The van der Waals surface area contributed by atoms with Gasteiger partial charge in [-0.05, 0) is 12.1 Å². The van der Waals surface area contributed by atoms with E-state index in [1.165, 1.54) is 11.3 Å². The number of aromatic nitrogens is 2. The molecule has 0 radical (unpaired) electrons. The van der Waals surface area contributed by atoms with Gasteiger partial charge in [0.2, 0.25) is 0 Å². The van der Waals surface area contributed by atoms with E-state index in [0.29, 0.717) is 12.5 Å². The first-order valence-corrected chi connectivity index (χ1v) is 7.28. The van der Waals surface area contributed by atoms with Crippen molar-refractivity contribution >= 4 is 0 Å². The van der Waals surface area contributed by atoms with Gasteiger partial charge in [-0.15, -0.1) is 6.58 Å². The predicted molar refractivity (Wildman–Crippen MR) is 79.6 cm³/mol. The minimum absolute atomic E-state index is 0.429. The molecule has 0 bridgehead atoms. The lowest BCUT2D eigenvalue weighted by Gasteiger charge is -2.23. The average molecular weight is 287 g/mol. The van der Waals surface area contributed by atoms with E-state index in [1.807, 2.05) is 18.5 Å². The Morgan fingerprint density at radius 2 is 2.38 bits per heavy atom. The maximum absolute atomic E-state index is 5.65. The van der Waals surface area contributed by atoms with Crippen molar-refractivity contribution in [3.63, 3.8) is 0 Å². The molecule has 2 aromatic heterocycles. The average Bonchev–Trinajstić information content (AvgIpc) is 3.09. The van der Waals surface area contributed by atoms with Crippen molar-refractivity contribution in [2.24, 2.45) is 5.92 Å². The summed E-state index contributed by atoms with van der Waals surface area (Å²) in [6.07, 6.45) is 7.20. The Morgan fingerprint density at radius 3 is 3.19 bits per heavy atom. The minimum Gasteiger partial charge on any atom is -0.472 e. The van der Waals surface area contributed by atoms with Gasteiger partial charge in [0.15, 0.2) is 0 Å². The van der Waals surface area contributed by atoms with Crippen LogP contribution in [0.2, 0.25) is 0 Å². The number of nitrogens with zero attached hydrogens (tertiary/aromatic N) is 3. The predicted octanol–water partition coefficient (Wildman–Crippen LogP) is 2.31. The first kappa shape index (κ1) is 14.1. The van der Waals surface area contributed by atoms with Gasteiger partial charge in [-0.2, -0.15) is 5.10 Å². The smallest absolute Gasteiger partial charge is 0.0947 e. The zero-order valence-corrected chi connectivity index (χ0v) is 12.1. The van der Waals surface area contributed by atoms with E-state index >= 15 is 0 Å². The second-order valence-corrected chi connectivity index (χ2v) is 5.50. The van der Waals surface area contributed by atoms with Crippen LogP contribution in [0.5, 0.6) is 0 Å². The van der Waals surface area contributed by atoms with Crippen LogP contribution in [-0.2, 0) is 24.4 Å².